The van der Waals surface area contributed by atoms with E-state index in [2.05, 4.69) is 0 Å². The lowest BCUT2D eigenvalue weighted by atomic mass is 9.37. The van der Waals surface area contributed by atoms with Crippen molar-refractivity contribution in [2.45, 2.75) is 78.3 Å². The number of hydrogen-bond donors (Lipinski definition) is 2. The summed E-state index contributed by atoms with van der Waals surface area (Å²) in [6.45, 7) is 9.05. The van der Waals surface area contributed by atoms with Gasteiger partial charge >= 0.3 is 11.9 Å². The van der Waals surface area contributed by atoms with Crippen LogP contribution in [0.1, 0.15) is 53.9 Å². The Bertz CT molecular complexity index is 749. The molecule has 0 aromatic heterocycles. The average Bonchev–Trinajstić information content (AvgIpc) is 2.62. The van der Waals surface area contributed by atoms with Gasteiger partial charge in [-0.3, -0.25) is 14.4 Å². The maximum atomic E-state index is 13.4. The SMILES string of the molecule is CC(=O)OC1C(C)C2CC(=O)OC3CC4C(C)CC(O)C(=O)C4(C)C(C1O)C32C. The van der Waals surface area contributed by atoms with Crippen molar-refractivity contribution in [1.29, 1.82) is 0 Å². The van der Waals surface area contributed by atoms with Gasteiger partial charge in [0.1, 0.15) is 18.3 Å². The van der Waals surface area contributed by atoms with Crippen LogP contribution in [0.4, 0.5) is 0 Å². The predicted molar refractivity (Wildman–Crippen MR) is 101 cm³/mol. The van der Waals surface area contributed by atoms with E-state index in [9.17, 15) is 24.6 Å². The van der Waals surface area contributed by atoms with Crippen LogP contribution in [0, 0.1) is 40.4 Å². The van der Waals surface area contributed by atoms with Crippen molar-refractivity contribution in [3.8, 4) is 0 Å². The predicted octanol–water partition coefficient (Wildman–Crippen LogP) is 1.48. The largest absolute Gasteiger partial charge is 0.462 e. The molecule has 7 heteroatoms. The van der Waals surface area contributed by atoms with E-state index < -0.39 is 47.1 Å². The van der Waals surface area contributed by atoms with Gasteiger partial charge in [-0.25, -0.2) is 0 Å². The van der Waals surface area contributed by atoms with E-state index in [1.54, 1.807) is 0 Å². The van der Waals surface area contributed by atoms with Crippen molar-refractivity contribution in [2.75, 3.05) is 0 Å². The van der Waals surface area contributed by atoms with Crippen LogP contribution in [0.25, 0.3) is 0 Å². The lowest BCUT2D eigenvalue weighted by molar-refractivity contribution is -0.284. The topological polar surface area (TPSA) is 110 Å². The summed E-state index contributed by atoms with van der Waals surface area (Å²) in [6.07, 6.45) is -2.28. The molecule has 4 rings (SSSR count). The fourth-order valence-electron chi connectivity index (χ4n) is 7.77. The minimum Gasteiger partial charge on any atom is -0.462 e. The van der Waals surface area contributed by atoms with Crippen molar-refractivity contribution in [1.82, 2.24) is 0 Å². The fraction of sp³-hybridized carbons (Fsp3) is 0.864. The van der Waals surface area contributed by atoms with E-state index in [-0.39, 0.29) is 41.8 Å². The van der Waals surface area contributed by atoms with Crippen LogP contribution >= 0.6 is 0 Å². The molecule has 0 aromatic carbocycles. The first kappa shape index (κ1) is 20.8. The van der Waals surface area contributed by atoms with Crippen LogP contribution in [-0.2, 0) is 23.9 Å². The van der Waals surface area contributed by atoms with Crippen molar-refractivity contribution >= 4 is 17.7 Å². The van der Waals surface area contributed by atoms with E-state index in [1.807, 2.05) is 27.7 Å². The van der Waals surface area contributed by atoms with Crippen molar-refractivity contribution in [3.05, 3.63) is 0 Å². The Hall–Kier alpha value is -1.47. The second-order valence-electron chi connectivity index (χ2n) is 10.3. The summed E-state index contributed by atoms with van der Waals surface area (Å²) in [6, 6.07) is 0. The molecule has 0 spiro atoms. The number of aliphatic hydroxyl groups excluding tert-OH is 2. The van der Waals surface area contributed by atoms with Gasteiger partial charge < -0.3 is 19.7 Å². The standard InChI is InChI=1S/C22H32O7/c1-9-6-14(24)20(27)22(5)12(9)7-15-21(4)13(8-16(25)29-15)10(2)18(28-11(3)23)17(26)19(21)22/h9-10,12-15,17-19,24,26H,6-8H2,1-5H3. The van der Waals surface area contributed by atoms with Gasteiger partial charge in [-0.1, -0.05) is 27.7 Å². The molecule has 2 N–H and O–H groups in total. The second-order valence-corrected chi connectivity index (χ2v) is 10.3. The Morgan fingerprint density at radius 3 is 2.41 bits per heavy atom. The summed E-state index contributed by atoms with van der Waals surface area (Å²) in [5.41, 5.74) is -1.62. The number of carbonyl (C=O) groups excluding carboxylic acids is 3. The highest BCUT2D eigenvalue weighted by Gasteiger charge is 2.73. The summed E-state index contributed by atoms with van der Waals surface area (Å²) in [7, 11) is 0. The van der Waals surface area contributed by atoms with Gasteiger partial charge in [-0.2, -0.15) is 0 Å². The first-order valence-corrected chi connectivity index (χ1v) is 10.7. The van der Waals surface area contributed by atoms with Crippen LogP contribution in [0.3, 0.4) is 0 Å². The molecule has 4 fully saturated rings. The Labute approximate surface area is 171 Å². The zero-order valence-corrected chi connectivity index (χ0v) is 17.8. The number of esters is 2. The highest BCUT2D eigenvalue weighted by atomic mass is 16.6. The van der Waals surface area contributed by atoms with Gasteiger partial charge in [-0.15, -0.1) is 0 Å². The van der Waals surface area contributed by atoms with Gasteiger partial charge in [0.05, 0.1) is 6.10 Å². The highest BCUT2D eigenvalue weighted by Crippen LogP contribution is 2.68. The van der Waals surface area contributed by atoms with E-state index in [1.165, 1.54) is 6.92 Å². The van der Waals surface area contributed by atoms with E-state index >= 15 is 0 Å². The molecule has 3 saturated carbocycles. The Morgan fingerprint density at radius 2 is 1.79 bits per heavy atom. The lowest BCUT2D eigenvalue weighted by Crippen LogP contribution is -2.74. The molecule has 4 aliphatic rings. The van der Waals surface area contributed by atoms with Crippen molar-refractivity contribution in [3.63, 3.8) is 0 Å². The molecule has 3 aliphatic carbocycles. The van der Waals surface area contributed by atoms with Gasteiger partial charge in [-0.05, 0) is 36.5 Å². The van der Waals surface area contributed by atoms with Gasteiger partial charge in [0.25, 0.3) is 0 Å². The van der Waals surface area contributed by atoms with Crippen LogP contribution in [0.15, 0.2) is 0 Å². The first-order chi connectivity index (χ1) is 13.4. The van der Waals surface area contributed by atoms with Gasteiger partial charge in [0.2, 0.25) is 0 Å². The third-order valence-electron chi connectivity index (χ3n) is 8.96. The first-order valence-electron chi connectivity index (χ1n) is 10.7. The van der Waals surface area contributed by atoms with Crippen LogP contribution in [-0.4, -0.2) is 52.4 Å². The number of fused-ring (bicyclic) bond motifs is 2. The molecule has 0 bridgehead atoms. The maximum absolute atomic E-state index is 13.4. The zero-order chi connectivity index (χ0) is 21.5. The van der Waals surface area contributed by atoms with Crippen LogP contribution < -0.4 is 0 Å². The van der Waals surface area contributed by atoms with Crippen LogP contribution in [0.5, 0.6) is 0 Å². The molecule has 162 valence electrons. The number of ether oxygens (including phenoxy) is 2. The Balaban J connectivity index is 1.90. The third-order valence-corrected chi connectivity index (χ3v) is 8.96. The monoisotopic (exact) mass is 408 g/mol. The van der Waals surface area contributed by atoms with Crippen LogP contribution in [0.2, 0.25) is 0 Å². The molecule has 1 heterocycles. The van der Waals surface area contributed by atoms with Crippen molar-refractivity contribution < 1.29 is 34.1 Å². The summed E-state index contributed by atoms with van der Waals surface area (Å²) in [5, 5.41) is 22.0. The van der Waals surface area contributed by atoms with Crippen molar-refractivity contribution in [2.24, 2.45) is 40.4 Å². The number of hydrogen-bond acceptors (Lipinski definition) is 7. The minimum atomic E-state index is -1.08. The zero-order valence-electron chi connectivity index (χ0n) is 17.8. The number of ketones is 1. The number of aliphatic hydroxyl groups is 2. The molecule has 29 heavy (non-hydrogen) atoms. The van der Waals surface area contributed by atoms with Gasteiger partial charge in [0, 0.05) is 30.1 Å². The molecule has 7 nitrogen and oxygen atoms in total. The lowest BCUT2D eigenvalue weighted by Gasteiger charge is -2.68. The molecule has 11 unspecified atom stereocenters. The summed E-state index contributed by atoms with van der Waals surface area (Å²) in [5.74, 6) is -2.15. The quantitative estimate of drug-likeness (QED) is 0.632. The van der Waals surface area contributed by atoms with E-state index in [0.717, 1.165) is 0 Å². The summed E-state index contributed by atoms with van der Waals surface area (Å²) >= 11 is 0. The molecular weight excluding hydrogens is 376 g/mol. The highest BCUT2D eigenvalue weighted by molar-refractivity contribution is 5.90. The third kappa shape index (κ3) is 2.59. The van der Waals surface area contributed by atoms with E-state index in [0.29, 0.717) is 12.8 Å². The molecule has 1 saturated heterocycles. The minimum absolute atomic E-state index is 0.0371. The second kappa shape index (κ2) is 6.51. The molecule has 0 radical (unpaired) electrons. The average molecular weight is 408 g/mol. The molecular formula is C22H32O7. The van der Waals surface area contributed by atoms with Gasteiger partial charge in [0.15, 0.2) is 5.78 Å². The number of rotatable bonds is 1. The maximum Gasteiger partial charge on any atom is 0.306 e. The normalized spacial score (nSPS) is 54.1. The molecule has 0 aromatic rings. The molecule has 1 aliphatic heterocycles. The molecule has 11 atom stereocenters. The summed E-state index contributed by atoms with van der Waals surface area (Å²) < 4.78 is 11.4. The smallest absolute Gasteiger partial charge is 0.306 e. The number of Topliss-reactive ketones (excluding diaryl/α,β-unsaturated/α-hetero) is 1. The Kier molecular flexibility index (Phi) is 4.67. The number of carbonyl (C=O) groups is 3. The van der Waals surface area contributed by atoms with E-state index in [4.69, 9.17) is 9.47 Å². The molecule has 0 amide bonds. The Morgan fingerprint density at radius 1 is 1.14 bits per heavy atom. The fourth-order valence-corrected chi connectivity index (χ4v) is 7.77. The summed E-state index contributed by atoms with van der Waals surface area (Å²) in [4.78, 5) is 37.6.